The lowest BCUT2D eigenvalue weighted by Gasteiger charge is -2.24. The molecule has 0 N–H and O–H groups in total. The zero-order chi connectivity index (χ0) is 30.0. The summed E-state index contributed by atoms with van der Waals surface area (Å²) in [5.74, 6) is -0.466. The normalized spacial score (nSPS) is 14.7. The maximum Gasteiger partial charge on any atom is 0.338 e. The number of benzene rings is 3. The molecule has 5 rings (SSSR count). The van der Waals surface area contributed by atoms with Gasteiger partial charge in [-0.15, -0.1) is 0 Å². The van der Waals surface area contributed by atoms with Gasteiger partial charge in [-0.05, 0) is 78.4 Å². The van der Waals surface area contributed by atoms with Crippen molar-refractivity contribution < 1.29 is 18.7 Å². The summed E-state index contributed by atoms with van der Waals surface area (Å²) in [6.07, 6.45) is 1.73. The lowest BCUT2D eigenvalue weighted by molar-refractivity contribution is -0.139. The second-order valence-electron chi connectivity index (χ2n) is 9.22. The molecule has 0 saturated heterocycles. The number of carbonyl (C=O) groups is 1. The molecular weight excluding hydrogens is 736 g/mol. The van der Waals surface area contributed by atoms with Gasteiger partial charge in [0.25, 0.3) is 5.56 Å². The smallest absolute Gasteiger partial charge is 0.338 e. The van der Waals surface area contributed by atoms with Gasteiger partial charge in [-0.3, -0.25) is 9.36 Å². The third-order valence-corrected chi connectivity index (χ3v) is 8.78. The summed E-state index contributed by atoms with van der Waals surface area (Å²) in [4.78, 5) is 32.0. The van der Waals surface area contributed by atoms with Gasteiger partial charge in [-0.1, -0.05) is 57.6 Å². The minimum atomic E-state index is -0.844. The number of nitrogens with zero attached hydrogens (tertiary/aromatic N) is 3. The van der Waals surface area contributed by atoms with E-state index in [-0.39, 0.29) is 24.3 Å². The van der Waals surface area contributed by atoms with Crippen LogP contribution in [-0.4, -0.2) is 17.1 Å². The van der Waals surface area contributed by atoms with Crippen molar-refractivity contribution in [3.8, 4) is 11.8 Å². The Morgan fingerprint density at radius 3 is 2.69 bits per heavy atom. The number of aromatic nitrogens is 1. The number of thiazole rings is 1. The highest BCUT2D eigenvalue weighted by Gasteiger charge is 2.33. The molecule has 42 heavy (non-hydrogen) atoms. The van der Waals surface area contributed by atoms with Crippen LogP contribution in [0.2, 0.25) is 0 Å². The van der Waals surface area contributed by atoms with Crippen molar-refractivity contribution in [1.29, 1.82) is 5.26 Å². The van der Waals surface area contributed by atoms with E-state index in [0.29, 0.717) is 37.5 Å². The van der Waals surface area contributed by atoms with E-state index in [0.717, 1.165) is 13.6 Å². The first-order valence-corrected chi connectivity index (χ1v) is 15.5. The van der Waals surface area contributed by atoms with E-state index in [1.54, 1.807) is 44.2 Å². The number of ether oxygens (including phenoxy) is 2. The average molecular weight is 758 g/mol. The maximum absolute atomic E-state index is 14.0. The Balaban J connectivity index is 1.65. The summed E-state index contributed by atoms with van der Waals surface area (Å²) in [6.45, 7) is 3.71. The van der Waals surface area contributed by atoms with E-state index in [9.17, 15) is 19.2 Å². The van der Waals surface area contributed by atoms with Gasteiger partial charge in [-0.25, -0.2) is 14.2 Å². The van der Waals surface area contributed by atoms with Crippen LogP contribution in [0.4, 0.5) is 4.39 Å². The number of hydrogen-bond acceptors (Lipinski definition) is 7. The predicted octanol–water partition coefficient (Wildman–Crippen LogP) is 5.76. The number of esters is 1. The van der Waals surface area contributed by atoms with E-state index in [1.807, 2.05) is 24.3 Å². The number of halogens is 3. The molecule has 0 bridgehead atoms. The topological polar surface area (TPSA) is 93.7 Å². The first-order valence-electron chi connectivity index (χ1n) is 12.8. The van der Waals surface area contributed by atoms with Crippen LogP contribution in [0.3, 0.4) is 0 Å². The Kier molecular flexibility index (Phi) is 9.05. The number of rotatable bonds is 7. The fourth-order valence-electron chi connectivity index (χ4n) is 4.64. The van der Waals surface area contributed by atoms with Crippen molar-refractivity contribution in [1.82, 2.24) is 4.57 Å². The van der Waals surface area contributed by atoms with E-state index < -0.39 is 17.8 Å². The van der Waals surface area contributed by atoms with E-state index >= 15 is 0 Å². The molecule has 1 aromatic heterocycles. The van der Waals surface area contributed by atoms with Gasteiger partial charge >= 0.3 is 5.97 Å². The predicted molar refractivity (Wildman–Crippen MR) is 169 cm³/mol. The van der Waals surface area contributed by atoms with Gasteiger partial charge < -0.3 is 9.47 Å². The van der Waals surface area contributed by atoms with Crippen LogP contribution in [0.15, 0.2) is 86.2 Å². The molecule has 2 heterocycles. The minimum absolute atomic E-state index is 0.152. The van der Waals surface area contributed by atoms with Crippen LogP contribution < -0.4 is 19.6 Å². The van der Waals surface area contributed by atoms with Crippen LogP contribution >= 0.6 is 49.9 Å². The molecule has 11 heteroatoms. The Bertz CT molecular complexity index is 1960. The Morgan fingerprint density at radius 1 is 1.24 bits per heavy atom. The molecule has 0 saturated carbocycles. The minimum Gasteiger partial charge on any atom is -0.487 e. The lowest BCUT2D eigenvalue weighted by atomic mass is 9.96. The SMILES string of the molecule is CCOC(=O)C1=C(C)N=c2s/c(=C\c3cc(Br)cc(I)c3OCc3ccccc3C#N)c(=O)n2[C@H]1c1ccc(F)cc1. The molecule has 0 fully saturated rings. The average Bonchev–Trinajstić information content (AvgIpc) is 3.26. The molecule has 1 aliphatic rings. The largest absolute Gasteiger partial charge is 0.487 e. The highest BCUT2D eigenvalue weighted by molar-refractivity contribution is 14.1. The molecule has 4 aromatic rings. The standard InChI is InChI=1S/C31H22BrFIN3O4S/c1-3-40-30(39)26-17(2)36-31-37(27(26)18-8-10-23(33)11-9-18)29(38)25(42-31)13-21-12-22(32)14-24(34)28(21)41-16-20-7-5-4-6-19(20)15-35/h4-14,27H,3,16H2,1-2H3/b25-13-/t27-/m0/s1. The zero-order valence-electron chi connectivity index (χ0n) is 22.4. The summed E-state index contributed by atoms with van der Waals surface area (Å²) in [5.41, 5.74) is 2.75. The van der Waals surface area contributed by atoms with E-state index in [2.05, 4.69) is 49.6 Å². The molecule has 212 valence electrons. The second kappa shape index (κ2) is 12.7. The molecule has 7 nitrogen and oxygen atoms in total. The monoisotopic (exact) mass is 757 g/mol. The van der Waals surface area contributed by atoms with Gasteiger partial charge in [0.2, 0.25) is 0 Å². The fourth-order valence-corrected chi connectivity index (χ4v) is 7.38. The van der Waals surface area contributed by atoms with Crippen LogP contribution in [0.25, 0.3) is 6.08 Å². The van der Waals surface area contributed by atoms with Crippen molar-refractivity contribution in [3.63, 3.8) is 0 Å². The van der Waals surface area contributed by atoms with Crippen LogP contribution in [-0.2, 0) is 16.1 Å². The first kappa shape index (κ1) is 29.9. The highest BCUT2D eigenvalue weighted by Crippen LogP contribution is 2.33. The van der Waals surface area contributed by atoms with Crippen LogP contribution in [0.5, 0.6) is 5.75 Å². The summed E-state index contributed by atoms with van der Waals surface area (Å²) in [6, 6.07) is 18.0. The Morgan fingerprint density at radius 2 is 1.98 bits per heavy atom. The third kappa shape index (κ3) is 5.97. The van der Waals surface area contributed by atoms with Gasteiger partial charge in [0, 0.05) is 15.6 Å². The highest BCUT2D eigenvalue weighted by atomic mass is 127. The second-order valence-corrected chi connectivity index (χ2v) is 12.3. The first-order chi connectivity index (χ1) is 20.2. The Labute approximate surface area is 266 Å². The maximum atomic E-state index is 14.0. The number of carbonyl (C=O) groups excluding carboxylic acids is 1. The molecule has 1 atom stereocenters. The summed E-state index contributed by atoms with van der Waals surface area (Å²) in [5, 5.41) is 9.47. The van der Waals surface area contributed by atoms with Gasteiger partial charge in [0.05, 0.1) is 43.7 Å². The molecule has 0 spiro atoms. The lowest BCUT2D eigenvalue weighted by Crippen LogP contribution is -2.39. The fraction of sp³-hybridized carbons (Fsp3) is 0.161. The van der Waals surface area contributed by atoms with Crippen LogP contribution in [0.1, 0.15) is 42.1 Å². The number of hydrogen-bond donors (Lipinski definition) is 0. The molecule has 0 aliphatic carbocycles. The molecule has 0 radical (unpaired) electrons. The van der Waals surface area contributed by atoms with Gasteiger partial charge in [0.1, 0.15) is 18.2 Å². The van der Waals surface area contributed by atoms with Crippen molar-refractivity contribution >= 4 is 61.9 Å². The zero-order valence-corrected chi connectivity index (χ0v) is 26.9. The van der Waals surface area contributed by atoms with E-state index in [4.69, 9.17) is 9.47 Å². The van der Waals surface area contributed by atoms with Crippen molar-refractivity contribution in [3.05, 3.63) is 128 Å². The summed E-state index contributed by atoms with van der Waals surface area (Å²) < 4.78 is 28.8. The number of fused-ring (bicyclic) bond motifs is 1. The van der Waals surface area contributed by atoms with Gasteiger partial charge in [0.15, 0.2) is 4.80 Å². The van der Waals surface area contributed by atoms with Gasteiger partial charge in [-0.2, -0.15) is 5.26 Å². The summed E-state index contributed by atoms with van der Waals surface area (Å²) >= 11 is 6.89. The van der Waals surface area contributed by atoms with Crippen LogP contribution in [0, 0.1) is 20.7 Å². The van der Waals surface area contributed by atoms with E-state index in [1.165, 1.54) is 28.0 Å². The van der Waals surface area contributed by atoms with Crippen molar-refractivity contribution in [2.45, 2.75) is 26.5 Å². The number of nitriles is 1. The molecule has 1 aliphatic heterocycles. The molecule has 3 aromatic carbocycles. The van der Waals surface area contributed by atoms with Crippen molar-refractivity contribution in [2.75, 3.05) is 6.61 Å². The Hall–Kier alpha value is -3.60. The molecule has 0 unspecified atom stereocenters. The quantitative estimate of drug-likeness (QED) is 0.177. The number of allylic oxidation sites excluding steroid dienone is 1. The molecule has 0 amide bonds. The molecular formula is C31H22BrFIN3O4S. The van der Waals surface area contributed by atoms with Crippen molar-refractivity contribution in [2.24, 2.45) is 4.99 Å². The summed E-state index contributed by atoms with van der Waals surface area (Å²) in [7, 11) is 0. The third-order valence-electron chi connectivity index (χ3n) is 6.54.